The molecule has 0 spiro atoms. The molecule has 1 aromatic heterocycles. The third-order valence-corrected chi connectivity index (χ3v) is 2.19. The highest BCUT2D eigenvalue weighted by molar-refractivity contribution is 7.71. The number of rotatable bonds is 1. The van der Waals surface area contributed by atoms with Crippen molar-refractivity contribution >= 4 is 12.2 Å². The van der Waals surface area contributed by atoms with Crippen LogP contribution in [0, 0.1) is 22.2 Å². The minimum Gasteiger partial charge on any atom is -0.337 e. The second-order valence-electron chi connectivity index (χ2n) is 2.85. The fourth-order valence-electron chi connectivity index (χ4n) is 1.26. The van der Waals surface area contributed by atoms with E-state index in [0.717, 1.165) is 4.57 Å². The summed E-state index contributed by atoms with van der Waals surface area (Å²) in [6, 6.07) is 1.21. The lowest BCUT2D eigenvalue weighted by molar-refractivity contribution is 0.533. The average molecular weight is 230 g/mol. The van der Waals surface area contributed by atoms with E-state index in [-0.39, 0.29) is 10.5 Å². The summed E-state index contributed by atoms with van der Waals surface area (Å²) in [7, 11) is 0. The number of hydrogen-bond acceptors (Lipinski definition) is 1. The predicted octanol–water partition coefficient (Wildman–Crippen LogP) is 2.95. The lowest BCUT2D eigenvalue weighted by Crippen LogP contribution is -2.01. The van der Waals surface area contributed by atoms with Crippen LogP contribution in [0.15, 0.2) is 24.5 Å². The van der Waals surface area contributed by atoms with Crippen LogP contribution >= 0.6 is 12.2 Å². The van der Waals surface area contributed by atoms with E-state index < -0.39 is 17.5 Å². The number of hydrogen-bond donors (Lipinski definition) is 1. The highest BCUT2D eigenvalue weighted by Gasteiger charge is 2.13. The van der Waals surface area contributed by atoms with Crippen molar-refractivity contribution in [3.05, 3.63) is 46.7 Å². The molecule has 0 aliphatic heterocycles. The van der Waals surface area contributed by atoms with E-state index in [1.54, 1.807) is 0 Å². The molecule has 0 aliphatic rings. The van der Waals surface area contributed by atoms with Crippen molar-refractivity contribution in [2.45, 2.75) is 0 Å². The van der Waals surface area contributed by atoms with E-state index in [4.69, 9.17) is 12.2 Å². The SMILES string of the molecule is Fc1cc(F)c(-n2cc[nH]c2=S)c(F)c1. The summed E-state index contributed by atoms with van der Waals surface area (Å²) in [6.07, 6.45) is 2.80. The summed E-state index contributed by atoms with van der Waals surface area (Å²) in [5.74, 6) is -2.96. The molecule has 0 fully saturated rings. The number of aromatic nitrogens is 2. The zero-order valence-electron chi connectivity index (χ0n) is 7.30. The first-order chi connectivity index (χ1) is 7.09. The van der Waals surface area contributed by atoms with Crippen molar-refractivity contribution in [1.29, 1.82) is 0 Å². The molecule has 0 radical (unpaired) electrons. The number of halogens is 3. The lowest BCUT2D eigenvalue weighted by Gasteiger charge is -2.05. The molecule has 0 saturated carbocycles. The normalized spacial score (nSPS) is 10.6. The average Bonchev–Trinajstić information content (AvgIpc) is 2.50. The van der Waals surface area contributed by atoms with Crippen molar-refractivity contribution < 1.29 is 13.2 Å². The Bertz CT molecular complexity index is 535. The molecule has 0 aliphatic carbocycles. The van der Waals surface area contributed by atoms with Gasteiger partial charge in [-0.25, -0.2) is 13.2 Å². The smallest absolute Gasteiger partial charge is 0.181 e. The molecule has 2 rings (SSSR count). The Hall–Kier alpha value is -1.56. The summed E-state index contributed by atoms with van der Waals surface area (Å²) in [5, 5.41) is 0. The van der Waals surface area contributed by atoms with Crippen LogP contribution in [0.4, 0.5) is 13.2 Å². The van der Waals surface area contributed by atoms with Gasteiger partial charge in [-0.3, -0.25) is 4.57 Å². The van der Waals surface area contributed by atoms with E-state index in [0.29, 0.717) is 12.1 Å². The summed E-state index contributed by atoms with van der Waals surface area (Å²) >= 11 is 4.80. The maximum absolute atomic E-state index is 13.3. The molecule has 1 aromatic carbocycles. The maximum atomic E-state index is 13.3. The fourth-order valence-corrected chi connectivity index (χ4v) is 1.48. The number of nitrogens with one attached hydrogen (secondary N) is 1. The molecule has 0 atom stereocenters. The van der Waals surface area contributed by atoms with Gasteiger partial charge in [0.2, 0.25) is 0 Å². The molecular weight excluding hydrogens is 225 g/mol. The minimum absolute atomic E-state index is 0.138. The number of nitrogens with zero attached hydrogens (tertiary/aromatic N) is 1. The Morgan fingerprint density at radius 1 is 1.13 bits per heavy atom. The van der Waals surface area contributed by atoms with Crippen molar-refractivity contribution in [3.8, 4) is 5.69 Å². The van der Waals surface area contributed by atoms with Crippen molar-refractivity contribution in [2.24, 2.45) is 0 Å². The van der Waals surface area contributed by atoms with Crippen LogP contribution < -0.4 is 0 Å². The van der Waals surface area contributed by atoms with Gasteiger partial charge in [0.15, 0.2) is 16.4 Å². The van der Waals surface area contributed by atoms with Crippen LogP contribution in [0.1, 0.15) is 0 Å². The van der Waals surface area contributed by atoms with E-state index >= 15 is 0 Å². The summed E-state index contributed by atoms with van der Waals surface area (Å²) in [6.45, 7) is 0. The van der Waals surface area contributed by atoms with Gasteiger partial charge in [0.05, 0.1) is 0 Å². The molecule has 0 bridgehead atoms. The number of aromatic amines is 1. The molecule has 2 nitrogen and oxygen atoms in total. The Morgan fingerprint density at radius 3 is 2.20 bits per heavy atom. The number of imidazole rings is 1. The third kappa shape index (κ3) is 1.68. The second kappa shape index (κ2) is 3.54. The van der Waals surface area contributed by atoms with Gasteiger partial charge >= 0.3 is 0 Å². The molecule has 1 heterocycles. The monoisotopic (exact) mass is 230 g/mol. The zero-order chi connectivity index (χ0) is 11.0. The van der Waals surface area contributed by atoms with Gasteiger partial charge in [-0.2, -0.15) is 0 Å². The minimum atomic E-state index is -0.997. The van der Waals surface area contributed by atoms with Gasteiger partial charge in [0.25, 0.3) is 0 Å². The predicted molar refractivity (Wildman–Crippen MR) is 50.8 cm³/mol. The van der Waals surface area contributed by atoms with Crippen molar-refractivity contribution in [1.82, 2.24) is 9.55 Å². The first-order valence-corrected chi connectivity index (χ1v) is 4.41. The maximum Gasteiger partial charge on any atom is 0.181 e. The first kappa shape index (κ1) is 9.97. The Morgan fingerprint density at radius 2 is 1.73 bits per heavy atom. The standard InChI is InChI=1S/C9H5F3N2S/c10-5-3-6(11)8(7(12)4-5)14-2-1-13-9(14)15/h1-4H,(H,13,15). The molecule has 2 aromatic rings. The van der Waals surface area contributed by atoms with E-state index in [1.165, 1.54) is 12.4 Å². The molecular formula is C9H5F3N2S. The van der Waals surface area contributed by atoms with Gasteiger partial charge in [-0.1, -0.05) is 0 Å². The molecule has 0 saturated heterocycles. The second-order valence-corrected chi connectivity index (χ2v) is 3.24. The fraction of sp³-hybridized carbons (Fsp3) is 0. The van der Waals surface area contributed by atoms with Crippen LogP contribution in [-0.2, 0) is 0 Å². The van der Waals surface area contributed by atoms with Gasteiger partial charge in [-0.05, 0) is 12.2 Å². The van der Waals surface area contributed by atoms with Crippen molar-refractivity contribution in [2.75, 3.05) is 0 Å². The van der Waals surface area contributed by atoms with Crippen molar-refractivity contribution in [3.63, 3.8) is 0 Å². The third-order valence-electron chi connectivity index (χ3n) is 1.87. The molecule has 0 unspecified atom stereocenters. The van der Waals surface area contributed by atoms with Crippen LogP contribution in [-0.4, -0.2) is 9.55 Å². The Kier molecular flexibility index (Phi) is 2.36. The molecule has 0 amide bonds. The van der Waals surface area contributed by atoms with Gasteiger partial charge in [0.1, 0.15) is 11.5 Å². The highest BCUT2D eigenvalue weighted by Crippen LogP contribution is 2.19. The van der Waals surface area contributed by atoms with E-state index in [1.807, 2.05) is 0 Å². The Labute approximate surface area is 88.0 Å². The van der Waals surface area contributed by atoms with Crippen LogP contribution in [0.5, 0.6) is 0 Å². The number of H-pyrrole nitrogens is 1. The van der Waals surface area contributed by atoms with Crippen LogP contribution in [0.2, 0.25) is 0 Å². The quantitative estimate of drug-likeness (QED) is 0.747. The first-order valence-electron chi connectivity index (χ1n) is 4.00. The molecule has 1 N–H and O–H groups in total. The zero-order valence-corrected chi connectivity index (χ0v) is 8.12. The largest absolute Gasteiger partial charge is 0.337 e. The van der Waals surface area contributed by atoms with Crippen LogP contribution in [0.25, 0.3) is 5.69 Å². The Balaban J connectivity index is 2.74. The molecule has 78 valence electrons. The van der Waals surface area contributed by atoms with Gasteiger partial charge in [0, 0.05) is 24.5 Å². The topological polar surface area (TPSA) is 20.7 Å². The summed E-state index contributed by atoms with van der Waals surface area (Å²) in [5.41, 5.74) is -0.386. The summed E-state index contributed by atoms with van der Waals surface area (Å²) < 4.78 is 40.4. The van der Waals surface area contributed by atoms with Crippen LogP contribution in [0.3, 0.4) is 0 Å². The van der Waals surface area contributed by atoms with Gasteiger partial charge in [-0.15, -0.1) is 0 Å². The summed E-state index contributed by atoms with van der Waals surface area (Å²) in [4.78, 5) is 2.59. The lowest BCUT2D eigenvalue weighted by atomic mass is 10.3. The van der Waals surface area contributed by atoms with Gasteiger partial charge < -0.3 is 4.98 Å². The molecule has 6 heteroatoms. The molecule has 15 heavy (non-hydrogen) atoms. The van der Waals surface area contributed by atoms with E-state index in [2.05, 4.69) is 4.98 Å². The highest BCUT2D eigenvalue weighted by atomic mass is 32.1. The van der Waals surface area contributed by atoms with E-state index in [9.17, 15) is 13.2 Å². The number of benzene rings is 1.